The van der Waals surface area contributed by atoms with Gasteiger partial charge in [-0.2, -0.15) is 0 Å². The molecule has 1 aromatic carbocycles. The summed E-state index contributed by atoms with van der Waals surface area (Å²) in [4.78, 5) is 16.0. The molecule has 6 nitrogen and oxygen atoms in total. The molecule has 0 radical (unpaired) electrons. The number of piperazine rings is 1. The molecule has 0 atom stereocenters. The van der Waals surface area contributed by atoms with Crippen LogP contribution in [0, 0.1) is 18.8 Å². The van der Waals surface area contributed by atoms with E-state index in [0.717, 1.165) is 48.9 Å². The Morgan fingerprint density at radius 3 is 2.57 bits per heavy atom. The summed E-state index contributed by atoms with van der Waals surface area (Å²) < 4.78 is 5.54. The average Bonchev–Trinajstić information content (AvgIpc) is 3.10. The van der Waals surface area contributed by atoms with Crippen molar-refractivity contribution in [2.75, 3.05) is 37.6 Å². The first kappa shape index (κ1) is 19.2. The highest BCUT2D eigenvalue weighted by Gasteiger charge is 2.25. The lowest BCUT2D eigenvalue weighted by atomic mass is 9.79. The molecule has 28 heavy (non-hydrogen) atoms. The number of carbonyl (C=O) groups excluding carboxylic acids is 1. The lowest BCUT2D eigenvalue weighted by molar-refractivity contribution is -0.119. The first-order valence-corrected chi connectivity index (χ1v) is 10.7. The van der Waals surface area contributed by atoms with E-state index in [4.69, 9.17) is 10.3 Å². The largest absolute Gasteiger partial charge is 0.370 e. The van der Waals surface area contributed by atoms with Crippen molar-refractivity contribution < 1.29 is 9.32 Å². The summed E-state index contributed by atoms with van der Waals surface area (Å²) in [6, 6.07) is 6.30. The van der Waals surface area contributed by atoms with E-state index >= 15 is 0 Å². The summed E-state index contributed by atoms with van der Waals surface area (Å²) in [5, 5.41) is 5.45. The highest BCUT2D eigenvalue weighted by molar-refractivity contribution is 5.89. The van der Waals surface area contributed by atoms with Gasteiger partial charge in [0.05, 0.1) is 5.39 Å². The van der Waals surface area contributed by atoms with E-state index in [1.165, 1.54) is 44.2 Å². The molecule has 152 valence electrons. The summed E-state index contributed by atoms with van der Waals surface area (Å²) in [6.45, 7) is 7.42. The van der Waals surface area contributed by atoms with Gasteiger partial charge in [0.25, 0.3) is 0 Å². The molecule has 0 unspecified atom stereocenters. The van der Waals surface area contributed by atoms with Crippen LogP contribution >= 0.6 is 0 Å². The number of rotatable bonds is 6. The minimum Gasteiger partial charge on any atom is -0.370 e. The van der Waals surface area contributed by atoms with Crippen LogP contribution in [0.4, 0.5) is 5.82 Å². The first-order chi connectivity index (χ1) is 13.6. The maximum atomic E-state index is 11.1. The van der Waals surface area contributed by atoms with Gasteiger partial charge in [-0.15, -0.1) is 0 Å². The Bertz CT molecular complexity index is 802. The topological polar surface area (TPSA) is 75.6 Å². The van der Waals surface area contributed by atoms with Gasteiger partial charge in [0.15, 0.2) is 11.4 Å². The first-order valence-electron chi connectivity index (χ1n) is 10.7. The third-order valence-electron chi connectivity index (χ3n) is 6.59. The molecule has 1 aliphatic carbocycles. The molecule has 2 aromatic rings. The van der Waals surface area contributed by atoms with Crippen molar-refractivity contribution in [3.63, 3.8) is 0 Å². The van der Waals surface area contributed by atoms with Crippen LogP contribution in [0.3, 0.4) is 0 Å². The van der Waals surface area contributed by atoms with Crippen LogP contribution in [0.2, 0.25) is 0 Å². The molecule has 4 rings (SSSR count). The highest BCUT2D eigenvalue weighted by atomic mass is 16.5. The second-order valence-electron chi connectivity index (χ2n) is 8.68. The molecule has 1 aliphatic heterocycles. The Kier molecular flexibility index (Phi) is 5.85. The zero-order valence-electron chi connectivity index (χ0n) is 16.9. The Labute approximate surface area is 167 Å². The third-order valence-corrected chi connectivity index (χ3v) is 6.59. The number of carbonyl (C=O) groups is 1. The zero-order valence-corrected chi connectivity index (χ0v) is 16.9. The number of hydrogen-bond donors (Lipinski definition) is 1. The second kappa shape index (κ2) is 8.52. The fourth-order valence-electron chi connectivity index (χ4n) is 4.82. The van der Waals surface area contributed by atoms with Crippen molar-refractivity contribution in [3.8, 4) is 0 Å². The fraction of sp³-hybridized carbons (Fsp3) is 0.636. The van der Waals surface area contributed by atoms with Crippen molar-refractivity contribution in [3.05, 3.63) is 23.8 Å². The van der Waals surface area contributed by atoms with Gasteiger partial charge in [0.2, 0.25) is 5.91 Å². The van der Waals surface area contributed by atoms with E-state index < -0.39 is 0 Å². The number of hydrogen-bond acceptors (Lipinski definition) is 5. The van der Waals surface area contributed by atoms with Gasteiger partial charge in [-0.25, -0.2) is 0 Å². The van der Waals surface area contributed by atoms with Crippen molar-refractivity contribution >= 4 is 22.7 Å². The van der Waals surface area contributed by atoms with Gasteiger partial charge in [-0.1, -0.05) is 24.1 Å². The molecule has 1 saturated heterocycles. The average molecular weight is 385 g/mol. The number of aryl methyl sites for hydroxylation is 1. The monoisotopic (exact) mass is 384 g/mol. The van der Waals surface area contributed by atoms with Crippen LogP contribution in [0.25, 0.3) is 11.0 Å². The summed E-state index contributed by atoms with van der Waals surface area (Å²) in [5.74, 6) is 2.18. The molecular formula is C22H32N4O2. The van der Waals surface area contributed by atoms with E-state index in [2.05, 4.69) is 40.1 Å². The minimum atomic E-state index is -0.142. The molecule has 1 aromatic heterocycles. The zero-order chi connectivity index (χ0) is 19.5. The minimum absolute atomic E-state index is 0.142. The number of anilines is 1. The van der Waals surface area contributed by atoms with E-state index in [1.54, 1.807) is 0 Å². The molecule has 6 heteroatoms. The smallest absolute Gasteiger partial charge is 0.217 e. The number of benzene rings is 1. The van der Waals surface area contributed by atoms with Gasteiger partial charge in [-0.05, 0) is 62.3 Å². The fourth-order valence-corrected chi connectivity index (χ4v) is 4.82. The Morgan fingerprint density at radius 2 is 1.86 bits per heavy atom. The highest BCUT2D eigenvalue weighted by Crippen LogP contribution is 2.33. The number of nitrogens with zero attached hydrogens (tertiary/aromatic N) is 3. The molecular weight excluding hydrogens is 352 g/mol. The normalized spacial score (nSPS) is 24.0. The third kappa shape index (κ3) is 4.49. The van der Waals surface area contributed by atoms with Crippen LogP contribution in [0.15, 0.2) is 22.7 Å². The van der Waals surface area contributed by atoms with E-state index in [1.807, 2.05) is 0 Å². The van der Waals surface area contributed by atoms with Crippen molar-refractivity contribution in [1.29, 1.82) is 0 Å². The predicted molar refractivity (Wildman–Crippen MR) is 111 cm³/mol. The van der Waals surface area contributed by atoms with Crippen molar-refractivity contribution in [2.24, 2.45) is 17.6 Å². The van der Waals surface area contributed by atoms with Gasteiger partial charge in [-0.3, -0.25) is 9.69 Å². The number of amides is 1. The molecule has 1 saturated carbocycles. The SMILES string of the molecule is Cc1ccc2c(N3CCN(CCC4CCC(CC(N)=O)CC4)CC3)noc2c1. The summed E-state index contributed by atoms with van der Waals surface area (Å²) in [7, 11) is 0. The van der Waals surface area contributed by atoms with Crippen LogP contribution in [-0.2, 0) is 4.79 Å². The lowest BCUT2D eigenvalue weighted by Gasteiger charge is -2.36. The van der Waals surface area contributed by atoms with Crippen LogP contribution < -0.4 is 10.6 Å². The van der Waals surface area contributed by atoms with Gasteiger partial charge < -0.3 is 15.2 Å². The van der Waals surface area contributed by atoms with Crippen LogP contribution in [0.1, 0.15) is 44.1 Å². The summed E-state index contributed by atoms with van der Waals surface area (Å²) >= 11 is 0. The number of aromatic nitrogens is 1. The standard InChI is InChI=1S/C22H32N4O2/c1-16-2-7-19-20(14-16)28-24-22(19)26-12-10-25(11-13-26)9-8-17-3-5-18(6-4-17)15-21(23)27/h2,7,14,17-18H,3-6,8-13,15H2,1H3,(H2,23,27). The maximum Gasteiger partial charge on any atom is 0.217 e. The lowest BCUT2D eigenvalue weighted by Crippen LogP contribution is -2.47. The van der Waals surface area contributed by atoms with Crippen LogP contribution in [0.5, 0.6) is 0 Å². The number of fused-ring (bicyclic) bond motifs is 1. The quantitative estimate of drug-likeness (QED) is 0.827. The molecule has 1 amide bonds. The molecule has 0 bridgehead atoms. The van der Waals surface area contributed by atoms with E-state index in [-0.39, 0.29) is 5.91 Å². The van der Waals surface area contributed by atoms with E-state index in [0.29, 0.717) is 12.3 Å². The van der Waals surface area contributed by atoms with Crippen molar-refractivity contribution in [2.45, 2.75) is 45.4 Å². The van der Waals surface area contributed by atoms with Gasteiger partial charge in [0.1, 0.15) is 0 Å². The van der Waals surface area contributed by atoms with Crippen LogP contribution in [-0.4, -0.2) is 48.7 Å². The van der Waals surface area contributed by atoms with E-state index in [9.17, 15) is 4.79 Å². The predicted octanol–water partition coefficient (Wildman–Crippen LogP) is 3.33. The second-order valence-corrected chi connectivity index (χ2v) is 8.68. The molecule has 2 aliphatic rings. The number of nitrogens with two attached hydrogens (primary N) is 1. The summed E-state index contributed by atoms with van der Waals surface area (Å²) in [5.41, 5.74) is 7.41. The molecule has 0 spiro atoms. The Morgan fingerprint density at radius 1 is 1.14 bits per heavy atom. The molecule has 2 N–H and O–H groups in total. The van der Waals surface area contributed by atoms with Gasteiger partial charge >= 0.3 is 0 Å². The number of primary amides is 1. The van der Waals surface area contributed by atoms with Crippen molar-refractivity contribution in [1.82, 2.24) is 10.1 Å². The maximum absolute atomic E-state index is 11.1. The van der Waals surface area contributed by atoms with Gasteiger partial charge in [0, 0.05) is 32.6 Å². The summed E-state index contributed by atoms with van der Waals surface area (Å²) in [6.07, 6.45) is 6.69. The Hall–Kier alpha value is -2.08. The molecule has 2 fully saturated rings. The Balaban J connectivity index is 1.22. The molecule has 2 heterocycles.